The SMILES string of the molecule is N#Cc1cccc(OCCO)c1N. The fourth-order valence-corrected chi connectivity index (χ4v) is 0.923. The second kappa shape index (κ2) is 4.33. The Hall–Kier alpha value is -1.73. The van der Waals surface area contributed by atoms with Crippen molar-refractivity contribution in [3.8, 4) is 11.8 Å². The molecule has 0 saturated carbocycles. The summed E-state index contributed by atoms with van der Waals surface area (Å²) in [5.41, 5.74) is 6.31. The van der Waals surface area contributed by atoms with Gasteiger partial charge in [-0.05, 0) is 12.1 Å². The molecule has 1 rings (SSSR count). The second-order valence-corrected chi connectivity index (χ2v) is 2.40. The summed E-state index contributed by atoms with van der Waals surface area (Å²) in [5.74, 6) is 0.438. The molecule has 0 fully saturated rings. The average molecular weight is 178 g/mol. The lowest BCUT2D eigenvalue weighted by Gasteiger charge is -2.07. The van der Waals surface area contributed by atoms with E-state index >= 15 is 0 Å². The van der Waals surface area contributed by atoms with Crippen LogP contribution in [0.25, 0.3) is 0 Å². The molecule has 3 N–H and O–H groups in total. The van der Waals surface area contributed by atoms with Crippen LogP contribution in [0.1, 0.15) is 5.56 Å². The van der Waals surface area contributed by atoms with Crippen molar-refractivity contribution < 1.29 is 9.84 Å². The summed E-state index contributed by atoms with van der Waals surface area (Å²) < 4.78 is 5.10. The lowest BCUT2D eigenvalue weighted by atomic mass is 10.2. The molecule has 0 saturated heterocycles. The van der Waals surface area contributed by atoms with Gasteiger partial charge >= 0.3 is 0 Å². The number of nitrogen functional groups attached to an aromatic ring is 1. The van der Waals surface area contributed by atoms with Crippen molar-refractivity contribution in [3.05, 3.63) is 23.8 Å². The highest BCUT2D eigenvalue weighted by Crippen LogP contribution is 2.24. The normalized spacial score (nSPS) is 9.23. The molecule has 68 valence electrons. The van der Waals surface area contributed by atoms with Gasteiger partial charge in [0.15, 0.2) is 0 Å². The first-order chi connectivity index (χ1) is 6.29. The van der Waals surface area contributed by atoms with Crippen molar-refractivity contribution in [2.75, 3.05) is 18.9 Å². The Balaban J connectivity index is 2.90. The molecule has 0 heterocycles. The largest absolute Gasteiger partial charge is 0.489 e. The summed E-state index contributed by atoms with van der Waals surface area (Å²) >= 11 is 0. The van der Waals surface area contributed by atoms with Crippen molar-refractivity contribution in [2.45, 2.75) is 0 Å². The molecule has 1 aromatic rings. The van der Waals surface area contributed by atoms with E-state index in [9.17, 15) is 0 Å². The van der Waals surface area contributed by atoms with Crippen LogP contribution in [-0.2, 0) is 0 Å². The van der Waals surface area contributed by atoms with Crippen LogP contribution in [0.3, 0.4) is 0 Å². The van der Waals surface area contributed by atoms with Gasteiger partial charge in [-0.2, -0.15) is 5.26 Å². The van der Waals surface area contributed by atoms with Gasteiger partial charge in [0.25, 0.3) is 0 Å². The zero-order valence-electron chi connectivity index (χ0n) is 7.03. The predicted molar refractivity (Wildman–Crippen MR) is 48.2 cm³/mol. The minimum absolute atomic E-state index is 0.0732. The van der Waals surface area contributed by atoms with Crippen LogP contribution in [0.15, 0.2) is 18.2 Å². The third kappa shape index (κ3) is 2.10. The molecule has 1 aromatic carbocycles. The maximum absolute atomic E-state index is 8.63. The average Bonchev–Trinajstić information content (AvgIpc) is 2.16. The number of rotatable bonds is 3. The summed E-state index contributed by atoms with van der Waals surface area (Å²) in [6.07, 6.45) is 0. The number of benzene rings is 1. The topological polar surface area (TPSA) is 79.3 Å². The number of nitrogens with two attached hydrogens (primary N) is 1. The van der Waals surface area contributed by atoms with Crippen LogP contribution < -0.4 is 10.5 Å². The minimum Gasteiger partial charge on any atom is -0.489 e. The van der Waals surface area contributed by atoms with E-state index in [4.69, 9.17) is 20.8 Å². The highest BCUT2D eigenvalue weighted by atomic mass is 16.5. The fraction of sp³-hybridized carbons (Fsp3) is 0.222. The number of hydrogen-bond donors (Lipinski definition) is 2. The van der Waals surface area contributed by atoms with E-state index in [0.29, 0.717) is 17.0 Å². The van der Waals surface area contributed by atoms with Crippen molar-refractivity contribution in [2.24, 2.45) is 0 Å². The lowest BCUT2D eigenvalue weighted by molar-refractivity contribution is 0.202. The molecule has 4 nitrogen and oxygen atoms in total. The zero-order valence-corrected chi connectivity index (χ0v) is 7.03. The van der Waals surface area contributed by atoms with Crippen molar-refractivity contribution in [1.82, 2.24) is 0 Å². The number of nitriles is 1. The Morgan fingerprint density at radius 1 is 1.54 bits per heavy atom. The Morgan fingerprint density at radius 2 is 2.31 bits per heavy atom. The van der Waals surface area contributed by atoms with E-state index in [1.807, 2.05) is 6.07 Å². The maximum Gasteiger partial charge on any atom is 0.143 e. The molecule has 0 aliphatic carbocycles. The third-order valence-corrected chi connectivity index (χ3v) is 1.54. The van der Waals surface area contributed by atoms with Crippen LogP contribution in [0.5, 0.6) is 5.75 Å². The molecular weight excluding hydrogens is 168 g/mol. The van der Waals surface area contributed by atoms with Crippen LogP contribution in [0.4, 0.5) is 5.69 Å². The number of nitrogens with zero attached hydrogens (tertiary/aromatic N) is 1. The molecule has 0 spiro atoms. The zero-order chi connectivity index (χ0) is 9.68. The van der Waals surface area contributed by atoms with E-state index in [1.54, 1.807) is 18.2 Å². The molecule has 0 aliphatic rings. The summed E-state index contributed by atoms with van der Waals surface area (Å²) in [6, 6.07) is 6.90. The molecule has 4 heteroatoms. The van der Waals surface area contributed by atoms with Gasteiger partial charge < -0.3 is 15.6 Å². The number of para-hydroxylation sites is 1. The monoisotopic (exact) mass is 178 g/mol. The van der Waals surface area contributed by atoms with Gasteiger partial charge in [-0.1, -0.05) is 6.07 Å². The first-order valence-corrected chi connectivity index (χ1v) is 3.82. The van der Waals surface area contributed by atoms with Crippen LogP contribution in [0.2, 0.25) is 0 Å². The molecule has 0 atom stereocenters. The highest BCUT2D eigenvalue weighted by Gasteiger charge is 2.04. The first kappa shape index (κ1) is 9.36. The second-order valence-electron chi connectivity index (χ2n) is 2.40. The maximum atomic E-state index is 8.63. The molecule has 0 radical (unpaired) electrons. The third-order valence-electron chi connectivity index (χ3n) is 1.54. The van der Waals surface area contributed by atoms with E-state index in [0.717, 1.165) is 0 Å². The molecule has 13 heavy (non-hydrogen) atoms. The first-order valence-electron chi connectivity index (χ1n) is 3.82. The molecule has 0 unspecified atom stereocenters. The Bertz CT molecular complexity index is 331. The highest BCUT2D eigenvalue weighted by molar-refractivity contribution is 5.62. The quantitative estimate of drug-likeness (QED) is 0.661. The van der Waals surface area contributed by atoms with Gasteiger partial charge in [-0.15, -0.1) is 0 Å². The van der Waals surface area contributed by atoms with Crippen LogP contribution in [0, 0.1) is 11.3 Å². The van der Waals surface area contributed by atoms with Gasteiger partial charge in [-0.25, -0.2) is 0 Å². The summed E-state index contributed by atoms with van der Waals surface area (Å²) in [4.78, 5) is 0. The Morgan fingerprint density at radius 3 is 2.92 bits per heavy atom. The Kier molecular flexibility index (Phi) is 3.12. The van der Waals surface area contributed by atoms with Crippen molar-refractivity contribution >= 4 is 5.69 Å². The number of ether oxygens (including phenoxy) is 1. The molecular formula is C9H10N2O2. The van der Waals surface area contributed by atoms with Crippen LogP contribution in [-0.4, -0.2) is 18.3 Å². The van der Waals surface area contributed by atoms with Crippen molar-refractivity contribution in [3.63, 3.8) is 0 Å². The van der Waals surface area contributed by atoms with Gasteiger partial charge in [0.1, 0.15) is 18.4 Å². The van der Waals surface area contributed by atoms with Gasteiger partial charge in [0, 0.05) is 0 Å². The fourth-order valence-electron chi connectivity index (χ4n) is 0.923. The van der Waals surface area contributed by atoms with Gasteiger partial charge in [0.2, 0.25) is 0 Å². The molecule has 0 aromatic heterocycles. The van der Waals surface area contributed by atoms with E-state index in [-0.39, 0.29) is 13.2 Å². The summed E-state index contributed by atoms with van der Waals surface area (Å²) in [6.45, 7) is 0.106. The van der Waals surface area contributed by atoms with Gasteiger partial charge in [-0.3, -0.25) is 0 Å². The van der Waals surface area contributed by atoms with Crippen molar-refractivity contribution in [1.29, 1.82) is 5.26 Å². The Labute approximate surface area is 76.2 Å². The molecule has 0 aliphatic heterocycles. The van der Waals surface area contributed by atoms with E-state index in [1.165, 1.54) is 0 Å². The lowest BCUT2D eigenvalue weighted by Crippen LogP contribution is -2.04. The number of aliphatic hydroxyl groups is 1. The van der Waals surface area contributed by atoms with E-state index < -0.39 is 0 Å². The predicted octanol–water partition coefficient (Wildman–Crippen LogP) is 0.512. The minimum atomic E-state index is -0.0732. The number of anilines is 1. The molecule has 0 amide bonds. The van der Waals surface area contributed by atoms with Crippen LogP contribution >= 0.6 is 0 Å². The van der Waals surface area contributed by atoms with Gasteiger partial charge in [0.05, 0.1) is 17.9 Å². The number of hydrogen-bond acceptors (Lipinski definition) is 4. The van der Waals surface area contributed by atoms with E-state index in [2.05, 4.69) is 0 Å². The summed E-state index contributed by atoms with van der Waals surface area (Å²) in [5, 5.41) is 17.1. The standard InChI is InChI=1S/C9H10N2O2/c10-6-7-2-1-3-8(9(7)11)13-5-4-12/h1-3,12H,4-5,11H2. The summed E-state index contributed by atoms with van der Waals surface area (Å²) in [7, 11) is 0. The smallest absolute Gasteiger partial charge is 0.143 e. The number of aliphatic hydroxyl groups excluding tert-OH is 1. The molecule has 0 bridgehead atoms.